The van der Waals surface area contributed by atoms with E-state index in [0.717, 1.165) is 4.90 Å². The summed E-state index contributed by atoms with van der Waals surface area (Å²) >= 11 is 0. The van der Waals surface area contributed by atoms with Crippen LogP contribution in [0.1, 0.15) is 125 Å². The third-order valence-electron chi connectivity index (χ3n) is 18.1. The summed E-state index contributed by atoms with van der Waals surface area (Å²) in [6.07, 6.45) is -14.4. The number of hydrogen-bond donors (Lipinski definition) is 2. The van der Waals surface area contributed by atoms with E-state index in [-0.39, 0.29) is 56.0 Å². The molecule has 2 N–H and O–H groups in total. The average Bonchev–Trinajstić information content (AvgIpc) is 1.48. The van der Waals surface area contributed by atoms with Crippen molar-refractivity contribution in [2.45, 2.75) is 208 Å². The zero-order chi connectivity index (χ0) is 64.7. The molecular formula is C61H89N3O24. The number of nitrogens with zero attached hydrogens (tertiary/aromatic N) is 1. The first-order valence-corrected chi connectivity index (χ1v) is 30.1. The van der Waals surface area contributed by atoms with E-state index in [2.05, 4.69) is 10.6 Å². The molecule has 7 rings (SSSR count). The number of methoxy groups -OCH3 is 1. The van der Waals surface area contributed by atoms with Gasteiger partial charge in [0.2, 0.25) is 11.8 Å². The molecule has 0 spiro atoms. The molecule has 5 saturated heterocycles. The highest BCUT2D eigenvalue weighted by molar-refractivity contribution is 6.21. The number of amides is 4. The largest absolute Gasteiger partial charge is 0.463 e. The van der Waals surface area contributed by atoms with Crippen molar-refractivity contribution in [1.29, 1.82) is 0 Å². The zero-order valence-corrected chi connectivity index (χ0v) is 53.0. The Balaban J connectivity index is 1.16. The molecule has 0 aromatic heterocycles. The minimum Gasteiger partial charge on any atom is -0.463 e. The Labute approximate surface area is 512 Å². The maximum atomic E-state index is 14.2. The Morgan fingerprint density at radius 1 is 0.398 bits per heavy atom. The van der Waals surface area contributed by atoms with Crippen LogP contribution in [0.15, 0.2) is 24.3 Å². The van der Waals surface area contributed by atoms with Gasteiger partial charge in [-0.05, 0) is 35.8 Å². The fourth-order valence-electron chi connectivity index (χ4n) is 12.7. The van der Waals surface area contributed by atoms with Gasteiger partial charge in [0.1, 0.15) is 57.5 Å². The Kier molecular flexibility index (Phi) is 24.1. The molecule has 12 unspecified atom stereocenters. The summed E-state index contributed by atoms with van der Waals surface area (Å²) in [5.74, 6) is -8.99. The lowest BCUT2D eigenvalue weighted by Gasteiger charge is -2.52. The van der Waals surface area contributed by atoms with Crippen LogP contribution in [0.5, 0.6) is 0 Å². The monoisotopic (exact) mass is 1250 g/mol. The van der Waals surface area contributed by atoms with Crippen LogP contribution in [0.4, 0.5) is 0 Å². The molecule has 4 amide bonds. The topological polar surface area (TPSA) is 319 Å². The maximum absolute atomic E-state index is 14.2. The zero-order valence-electron chi connectivity index (χ0n) is 53.0. The van der Waals surface area contributed by atoms with Crippen LogP contribution < -0.4 is 10.6 Å². The molecule has 0 saturated carbocycles. The van der Waals surface area contributed by atoms with Crippen molar-refractivity contribution in [3.05, 3.63) is 35.4 Å². The average molecular weight is 1250 g/mol. The van der Waals surface area contributed by atoms with Crippen molar-refractivity contribution in [3.63, 3.8) is 0 Å². The second kappa shape index (κ2) is 30.4. The van der Waals surface area contributed by atoms with E-state index in [1.165, 1.54) is 55.6 Å². The van der Waals surface area contributed by atoms with Crippen molar-refractivity contribution in [1.82, 2.24) is 15.5 Å². The fourth-order valence-corrected chi connectivity index (χ4v) is 12.7. The lowest BCUT2D eigenvalue weighted by atomic mass is 9.80. The molecule has 6 aliphatic rings. The molecule has 6 aliphatic heterocycles. The van der Waals surface area contributed by atoms with Gasteiger partial charge in [-0.2, -0.15) is 0 Å². The van der Waals surface area contributed by atoms with Crippen LogP contribution in [0.3, 0.4) is 0 Å². The second-order valence-corrected chi connectivity index (χ2v) is 24.2. The molecule has 27 heteroatoms. The van der Waals surface area contributed by atoms with Crippen molar-refractivity contribution in [2.24, 2.45) is 47.3 Å². The van der Waals surface area contributed by atoms with Crippen molar-refractivity contribution < 1.29 is 114 Å². The molecular weight excluding hydrogens is 1160 g/mol. The molecule has 1 aromatic carbocycles. The highest BCUT2D eigenvalue weighted by atomic mass is 16.8. The normalized spacial score (nSPS) is 38.2. The number of fused-ring (bicyclic) bond motifs is 1. The predicted octanol–water partition coefficient (Wildman–Crippen LogP) is 3.38. The molecule has 492 valence electrons. The lowest BCUT2D eigenvalue weighted by molar-refractivity contribution is -0.363. The first kappa shape index (κ1) is 69.7. The number of benzene rings is 1. The van der Waals surface area contributed by atoms with E-state index < -0.39 is 194 Å². The first-order chi connectivity index (χ1) is 41.5. The summed E-state index contributed by atoms with van der Waals surface area (Å²) in [7, 11) is 1.43. The SMILES string of the molecule is CO[C@H]1OC(COC(C)=O)[C@H](OC2OC(COC(C)=O)C(O[C@H]3OC(COC(C)=O)[C@H](OC4OC(COC(C)=O)C(O[C@@H]5O[C@@H](COC(C)=O)[C@@H](C)C(C)C5N5C(=O)c6ccccc6C5=O)[C@H](C)[C@@H]4C)C(C)[C@H]3NC(C)=O)[C@H](C)[C@@H]2C)C(C)[C@H]1NC(C)=O. The van der Waals surface area contributed by atoms with Gasteiger partial charge in [0.05, 0.1) is 59.8 Å². The number of esters is 5. The van der Waals surface area contributed by atoms with Crippen molar-refractivity contribution in [2.75, 3.05) is 40.1 Å². The number of imide groups is 1. The van der Waals surface area contributed by atoms with Crippen LogP contribution >= 0.6 is 0 Å². The third kappa shape index (κ3) is 16.2. The summed E-state index contributed by atoms with van der Waals surface area (Å²) < 4.78 is 94.1. The van der Waals surface area contributed by atoms with E-state index in [4.69, 9.17) is 71.1 Å². The quantitative estimate of drug-likeness (QED) is 0.0955. The maximum Gasteiger partial charge on any atom is 0.302 e. The standard InChI is InChI=1S/C61H89N3O24/c1-26-27(2)50(64-55(72)41-19-17-18-20-42(41)56(64)73)61(80-43(26)21-75-36(11)67)88-52-29(4)31(6)58(82-45(52)23-77-38(13)69)86-54-33(8)49(63-35(10)66)60(84-47(54)25-79-40(15)71)87-51-28(3)30(5)57(81-44(51)22-76-37(12)68)85-53-32(7)48(62-34(9)65)59(74-16)83-46(53)24-78-39(14)70/h17-20,26-33,43-54,57-61H,21-25H2,1-16H3,(H,62,65)(H,63,66)/t26-,27?,28+,29+,30-,31-,32?,33?,43-,44?,45?,46?,47?,48+,49+,50?,51?,52?,53+,54+,57?,58?,59-,60+,61-/m0/s1. The fraction of sp³-hybridized carbons (Fsp3) is 0.754. The number of carbonyl (C=O) groups excluding carboxylic acids is 9. The molecule has 5 fully saturated rings. The summed E-state index contributed by atoms with van der Waals surface area (Å²) in [5.41, 5.74) is 0.448. The van der Waals surface area contributed by atoms with Crippen LogP contribution in [-0.4, -0.2) is 203 Å². The van der Waals surface area contributed by atoms with Gasteiger partial charge < -0.3 is 81.7 Å². The Morgan fingerprint density at radius 3 is 1.07 bits per heavy atom. The van der Waals surface area contributed by atoms with E-state index in [1.54, 1.807) is 31.2 Å². The smallest absolute Gasteiger partial charge is 0.302 e. The lowest BCUT2D eigenvalue weighted by Crippen LogP contribution is -2.66. The molecule has 0 bridgehead atoms. The first-order valence-electron chi connectivity index (χ1n) is 30.1. The Bertz CT molecular complexity index is 2620. The summed E-state index contributed by atoms with van der Waals surface area (Å²) in [5, 5.41) is 5.86. The van der Waals surface area contributed by atoms with Gasteiger partial charge in [-0.25, -0.2) is 0 Å². The van der Waals surface area contributed by atoms with E-state index in [1.807, 2.05) is 48.5 Å². The van der Waals surface area contributed by atoms with Crippen molar-refractivity contribution in [3.8, 4) is 0 Å². The summed E-state index contributed by atoms with van der Waals surface area (Å²) in [4.78, 5) is 117. The number of rotatable bonds is 22. The Hall–Kier alpha value is -5.75. The van der Waals surface area contributed by atoms with Gasteiger partial charge in [0.25, 0.3) is 11.8 Å². The minimum absolute atomic E-state index is 0.148. The number of ether oxygens (including phenoxy) is 15. The molecule has 0 radical (unpaired) electrons. The van der Waals surface area contributed by atoms with Crippen LogP contribution in [0, 0.1) is 47.3 Å². The van der Waals surface area contributed by atoms with Gasteiger partial charge in [-0.1, -0.05) is 67.5 Å². The third-order valence-corrected chi connectivity index (χ3v) is 18.1. The highest BCUT2D eigenvalue weighted by Crippen LogP contribution is 2.45. The molecule has 6 heterocycles. The van der Waals surface area contributed by atoms with Gasteiger partial charge in [-0.15, -0.1) is 0 Å². The van der Waals surface area contributed by atoms with Crippen LogP contribution in [-0.2, 0) is 105 Å². The molecule has 25 atom stereocenters. The Morgan fingerprint density at radius 2 is 0.705 bits per heavy atom. The van der Waals surface area contributed by atoms with Crippen LogP contribution in [0.2, 0.25) is 0 Å². The predicted molar refractivity (Wildman–Crippen MR) is 302 cm³/mol. The molecule has 0 aliphatic carbocycles. The minimum atomic E-state index is -1.31. The molecule has 88 heavy (non-hydrogen) atoms. The van der Waals surface area contributed by atoms with Gasteiger partial charge in [-0.3, -0.25) is 48.1 Å². The van der Waals surface area contributed by atoms with Gasteiger partial charge in [0, 0.05) is 79.2 Å². The number of hydrogen-bond acceptors (Lipinski definition) is 24. The van der Waals surface area contributed by atoms with Crippen molar-refractivity contribution >= 4 is 53.5 Å². The van der Waals surface area contributed by atoms with E-state index in [9.17, 15) is 43.2 Å². The van der Waals surface area contributed by atoms with Gasteiger partial charge >= 0.3 is 29.8 Å². The van der Waals surface area contributed by atoms with Crippen LogP contribution in [0.25, 0.3) is 0 Å². The second-order valence-electron chi connectivity index (χ2n) is 24.2. The number of nitrogens with one attached hydrogen (secondary N) is 2. The number of carbonyl (C=O) groups is 9. The molecule has 27 nitrogen and oxygen atoms in total. The van der Waals surface area contributed by atoms with E-state index >= 15 is 0 Å². The summed E-state index contributed by atoms with van der Waals surface area (Å²) in [6.45, 7) is 22.4. The van der Waals surface area contributed by atoms with Gasteiger partial charge in [0.15, 0.2) is 31.5 Å². The summed E-state index contributed by atoms with van der Waals surface area (Å²) in [6, 6.07) is 3.82. The molecule has 1 aromatic rings. The highest BCUT2D eigenvalue weighted by Gasteiger charge is 2.57. The van der Waals surface area contributed by atoms with E-state index in [0.29, 0.717) is 0 Å².